The zero-order chi connectivity index (χ0) is 14.7. The largest absolute Gasteiger partial charge is 0.399 e. The number of nitrogens with two attached hydrogens (primary N) is 1. The van der Waals surface area contributed by atoms with Crippen molar-refractivity contribution in [3.05, 3.63) is 71.8 Å². The predicted molar refractivity (Wildman–Crippen MR) is 84.4 cm³/mol. The Kier molecular flexibility index (Phi) is 3.69. The molecule has 0 aliphatic carbocycles. The second-order valence-corrected chi connectivity index (χ2v) is 5.03. The Hall–Kier alpha value is -2.62. The SMILES string of the molecule is Cc1nnc(CCc2ccccc2N)n1-c1ccccc1. The van der Waals surface area contributed by atoms with Crippen molar-refractivity contribution in [3.63, 3.8) is 0 Å². The van der Waals surface area contributed by atoms with Crippen LogP contribution in [0.2, 0.25) is 0 Å². The van der Waals surface area contributed by atoms with Crippen LogP contribution in [0.4, 0.5) is 5.69 Å². The quantitative estimate of drug-likeness (QED) is 0.746. The summed E-state index contributed by atoms with van der Waals surface area (Å²) in [7, 11) is 0. The van der Waals surface area contributed by atoms with Gasteiger partial charge >= 0.3 is 0 Å². The first-order valence-electron chi connectivity index (χ1n) is 7.05. The molecule has 1 heterocycles. The van der Waals surface area contributed by atoms with Crippen molar-refractivity contribution in [2.24, 2.45) is 0 Å². The summed E-state index contributed by atoms with van der Waals surface area (Å²) < 4.78 is 2.10. The molecule has 0 fully saturated rings. The smallest absolute Gasteiger partial charge is 0.137 e. The molecule has 0 spiro atoms. The maximum absolute atomic E-state index is 6.00. The second-order valence-electron chi connectivity index (χ2n) is 5.03. The van der Waals surface area contributed by atoms with Crippen molar-refractivity contribution in [1.29, 1.82) is 0 Å². The molecule has 2 N–H and O–H groups in total. The summed E-state index contributed by atoms with van der Waals surface area (Å²) in [4.78, 5) is 0. The Balaban J connectivity index is 1.86. The molecule has 3 aromatic rings. The van der Waals surface area contributed by atoms with Crippen LogP contribution in [0.3, 0.4) is 0 Å². The van der Waals surface area contributed by atoms with E-state index in [1.165, 1.54) is 0 Å². The van der Waals surface area contributed by atoms with E-state index < -0.39 is 0 Å². The highest BCUT2D eigenvalue weighted by atomic mass is 15.3. The lowest BCUT2D eigenvalue weighted by Gasteiger charge is -2.09. The van der Waals surface area contributed by atoms with Crippen molar-refractivity contribution in [3.8, 4) is 5.69 Å². The Bertz CT molecular complexity index is 732. The molecule has 0 atom stereocenters. The minimum Gasteiger partial charge on any atom is -0.399 e. The molecule has 0 aliphatic rings. The average Bonchev–Trinajstić information content (AvgIpc) is 2.88. The number of rotatable bonds is 4. The third kappa shape index (κ3) is 2.79. The van der Waals surface area contributed by atoms with Crippen LogP contribution in [0.15, 0.2) is 54.6 Å². The van der Waals surface area contributed by atoms with Crippen molar-refractivity contribution in [2.75, 3.05) is 5.73 Å². The van der Waals surface area contributed by atoms with Crippen LogP contribution in [-0.4, -0.2) is 14.8 Å². The molecule has 0 saturated carbocycles. The van der Waals surface area contributed by atoms with Crippen LogP contribution >= 0.6 is 0 Å². The summed E-state index contributed by atoms with van der Waals surface area (Å²) in [6.07, 6.45) is 1.67. The van der Waals surface area contributed by atoms with E-state index in [4.69, 9.17) is 5.73 Å². The number of aryl methyl sites for hydroxylation is 3. The van der Waals surface area contributed by atoms with Crippen molar-refractivity contribution in [2.45, 2.75) is 19.8 Å². The van der Waals surface area contributed by atoms with Gasteiger partial charge in [0.1, 0.15) is 11.6 Å². The predicted octanol–water partition coefficient (Wildman–Crippen LogP) is 2.94. The number of para-hydroxylation sites is 2. The lowest BCUT2D eigenvalue weighted by atomic mass is 10.1. The molecule has 4 nitrogen and oxygen atoms in total. The zero-order valence-electron chi connectivity index (χ0n) is 12.0. The maximum atomic E-state index is 6.00. The number of nitrogens with zero attached hydrogens (tertiary/aromatic N) is 3. The third-order valence-electron chi connectivity index (χ3n) is 3.58. The molecule has 1 aromatic heterocycles. The molecule has 0 radical (unpaired) electrons. The first-order valence-corrected chi connectivity index (χ1v) is 7.05. The van der Waals surface area contributed by atoms with Gasteiger partial charge in [-0.15, -0.1) is 10.2 Å². The standard InChI is InChI=1S/C17H18N4/c1-13-19-20-17(21(13)15-8-3-2-4-9-15)12-11-14-7-5-6-10-16(14)18/h2-10H,11-12,18H2,1H3. The monoisotopic (exact) mass is 278 g/mol. The first kappa shape index (κ1) is 13.4. The fourth-order valence-electron chi connectivity index (χ4n) is 2.49. The number of nitrogen functional groups attached to an aromatic ring is 1. The normalized spacial score (nSPS) is 10.7. The number of anilines is 1. The average molecular weight is 278 g/mol. The van der Waals surface area contributed by atoms with E-state index >= 15 is 0 Å². The topological polar surface area (TPSA) is 56.7 Å². The lowest BCUT2D eigenvalue weighted by Crippen LogP contribution is -2.05. The summed E-state index contributed by atoms with van der Waals surface area (Å²) in [5.74, 6) is 1.86. The molecule has 0 amide bonds. The molecule has 106 valence electrons. The highest BCUT2D eigenvalue weighted by Crippen LogP contribution is 2.17. The van der Waals surface area contributed by atoms with Crippen molar-refractivity contribution in [1.82, 2.24) is 14.8 Å². The molecule has 4 heteroatoms. The molecule has 3 rings (SSSR count). The first-order chi connectivity index (χ1) is 10.3. The highest BCUT2D eigenvalue weighted by Gasteiger charge is 2.11. The molecule has 0 bridgehead atoms. The van der Waals surface area contributed by atoms with Gasteiger partial charge in [0.05, 0.1) is 0 Å². The van der Waals surface area contributed by atoms with Crippen LogP contribution in [0, 0.1) is 6.92 Å². The Morgan fingerprint density at radius 3 is 2.38 bits per heavy atom. The van der Waals surface area contributed by atoms with E-state index in [2.05, 4.69) is 33.0 Å². The Morgan fingerprint density at radius 2 is 1.62 bits per heavy atom. The molecule has 0 saturated heterocycles. The Morgan fingerprint density at radius 1 is 0.905 bits per heavy atom. The summed E-state index contributed by atoms with van der Waals surface area (Å²) >= 11 is 0. The van der Waals surface area contributed by atoms with Gasteiger partial charge in [-0.2, -0.15) is 0 Å². The van der Waals surface area contributed by atoms with E-state index in [9.17, 15) is 0 Å². The van der Waals surface area contributed by atoms with E-state index in [1.807, 2.05) is 43.3 Å². The van der Waals surface area contributed by atoms with Gasteiger partial charge < -0.3 is 5.73 Å². The number of benzene rings is 2. The lowest BCUT2D eigenvalue weighted by molar-refractivity contribution is 0.817. The van der Waals surface area contributed by atoms with Gasteiger partial charge in [-0.1, -0.05) is 36.4 Å². The summed E-state index contributed by atoms with van der Waals surface area (Å²) in [6.45, 7) is 1.97. The van der Waals surface area contributed by atoms with Crippen LogP contribution in [0.1, 0.15) is 17.2 Å². The summed E-state index contributed by atoms with van der Waals surface area (Å²) in [5.41, 5.74) is 9.07. The van der Waals surface area contributed by atoms with Gasteiger partial charge in [0, 0.05) is 17.8 Å². The van der Waals surface area contributed by atoms with Crippen LogP contribution in [0.5, 0.6) is 0 Å². The number of hydrogen-bond acceptors (Lipinski definition) is 3. The minimum absolute atomic E-state index is 0.809. The Labute approximate surface area is 124 Å². The maximum Gasteiger partial charge on any atom is 0.137 e. The molecular weight excluding hydrogens is 260 g/mol. The third-order valence-corrected chi connectivity index (χ3v) is 3.58. The summed E-state index contributed by atoms with van der Waals surface area (Å²) in [6, 6.07) is 18.1. The molecular formula is C17H18N4. The van der Waals surface area contributed by atoms with Crippen LogP contribution in [-0.2, 0) is 12.8 Å². The molecule has 21 heavy (non-hydrogen) atoms. The van der Waals surface area contributed by atoms with Crippen molar-refractivity contribution < 1.29 is 0 Å². The van der Waals surface area contributed by atoms with Gasteiger partial charge in [-0.3, -0.25) is 4.57 Å². The van der Waals surface area contributed by atoms with Crippen LogP contribution < -0.4 is 5.73 Å². The van der Waals surface area contributed by atoms with Gasteiger partial charge in [-0.05, 0) is 37.1 Å². The number of aromatic nitrogens is 3. The second kappa shape index (κ2) is 5.79. The van der Waals surface area contributed by atoms with Gasteiger partial charge in [0.25, 0.3) is 0 Å². The fraction of sp³-hybridized carbons (Fsp3) is 0.176. The van der Waals surface area contributed by atoms with Crippen LogP contribution in [0.25, 0.3) is 5.69 Å². The highest BCUT2D eigenvalue weighted by molar-refractivity contribution is 5.46. The van der Waals surface area contributed by atoms with E-state index in [0.717, 1.165) is 41.4 Å². The zero-order valence-corrected chi connectivity index (χ0v) is 12.0. The summed E-state index contributed by atoms with van der Waals surface area (Å²) in [5, 5.41) is 8.52. The van der Waals surface area contributed by atoms with E-state index in [1.54, 1.807) is 0 Å². The van der Waals surface area contributed by atoms with Gasteiger partial charge in [0.15, 0.2) is 0 Å². The van der Waals surface area contributed by atoms with E-state index in [-0.39, 0.29) is 0 Å². The van der Waals surface area contributed by atoms with Gasteiger partial charge in [-0.25, -0.2) is 0 Å². The minimum atomic E-state index is 0.809. The van der Waals surface area contributed by atoms with Crippen molar-refractivity contribution >= 4 is 5.69 Å². The fourth-order valence-corrected chi connectivity index (χ4v) is 2.49. The van der Waals surface area contributed by atoms with E-state index in [0.29, 0.717) is 0 Å². The molecule has 0 aliphatic heterocycles. The molecule has 2 aromatic carbocycles. The molecule has 0 unspecified atom stereocenters. The van der Waals surface area contributed by atoms with Gasteiger partial charge in [0.2, 0.25) is 0 Å². The number of hydrogen-bond donors (Lipinski definition) is 1.